The molecule has 0 aliphatic carbocycles. The molecule has 98 valence electrons. The molecule has 0 heterocycles. The van der Waals surface area contributed by atoms with Crippen LogP contribution in [-0.2, 0) is 9.53 Å². The summed E-state index contributed by atoms with van der Waals surface area (Å²) in [6.07, 6.45) is 0.268. The number of hydrogen-bond acceptors (Lipinski definition) is 4. The van der Waals surface area contributed by atoms with Gasteiger partial charge in [0.15, 0.2) is 0 Å². The van der Waals surface area contributed by atoms with Crippen molar-refractivity contribution < 1.29 is 14.5 Å². The van der Waals surface area contributed by atoms with E-state index in [1.165, 1.54) is 18.2 Å². The molecule has 0 fully saturated rings. The Morgan fingerprint density at radius 1 is 1.50 bits per heavy atom. The molecule has 0 saturated heterocycles. The maximum absolute atomic E-state index is 11.5. The molecule has 1 amide bonds. The van der Waals surface area contributed by atoms with E-state index < -0.39 is 4.92 Å². The average Bonchev–Trinajstić information content (AvgIpc) is 2.32. The second-order valence-corrected chi connectivity index (χ2v) is 3.75. The van der Waals surface area contributed by atoms with Crippen LogP contribution in [0.4, 0.5) is 11.4 Å². The highest BCUT2D eigenvalue weighted by Crippen LogP contribution is 2.21. The van der Waals surface area contributed by atoms with Crippen molar-refractivity contribution in [1.29, 1.82) is 0 Å². The van der Waals surface area contributed by atoms with Crippen molar-refractivity contribution in [2.24, 2.45) is 0 Å². The van der Waals surface area contributed by atoms with E-state index in [1.54, 1.807) is 6.92 Å². The Hall–Kier alpha value is -1.95. The summed E-state index contributed by atoms with van der Waals surface area (Å²) in [4.78, 5) is 21.6. The van der Waals surface area contributed by atoms with Crippen molar-refractivity contribution in [3.8, 4) is 0 Å². The van der Waals surface area contributed by atoms with E-state index in [1.807, 2.05) is 6.92 Å². The first kappa shape index (κ1) is 14.1. The quantitative estimate of drug-likeness (QED) is 0.478. The molecule has 0 saturated carbocycles. The van der Waals surface area contributed by atoms with E-state index >= 15 is 0 Å². The number of carbonyl (C=O) groups is 1. The van der Waals surface area contributed by atoms with Crippen molar-refractivity contribution in [3.05, 3.63) is 33.9 Å². The van der Waals surface area contributed by atoms with Gasteiger partial charge in [0.25, 0.3) is 5.69 Å². The largest absolute Gasteiger partial charge is 0.381 e. The highest BCUT2D eigenvalue weighted by molar-refractivity contribution is 5.91. The monoisotopic (exact) mass is 252 g/mol. The molecular formula is C12H16N2O4. The minimum Gasteiger partial charge on any atom is -0.381 e. The molecule has 1 aromatic rings. The first-order chi connectivity index (χ1) is 8.54. The molecule has 0 aliphatic rings. The number of benzene rings is 1. The molecule has 0 aliphatic heterocycles. The summed E-state index contributed by atoms with van der Waals surface area (Å²) in [5.41, 5.74) is 1.26. The Balaban J connectivity index is 2.62. The van der Waals surface area contributed by atoms with E-state index in [2.05, 4.69) is 5.32 Å². The molecule has 0 aromatic heterocycles. The number of nitrogens with zero attached hydrogens (tertiary/aromatic N) is 1. The zero-order valence-electron chi connectivity index (χ0n) is 10.4. The second kappa shape index (κ2) is 6.70. The molecule has 0 unspecified atom stereocenters. The summed E-state index contributed by atoms with van der Waals surface area (Å²) < 4.78 is 5.07. The summed E-state index contributed by atoms with van der Waals surface area (Å²) in [6.45, 7) is 4.52. The SMILES string of the molecule is CCOCCC(=O)Nc1ccc([N+](=O)[O-])cc1C. The minimum absolute atomic E-state index is 0.0137. The van der Waals surface area contributed by atoms with Gasteiger partial charge in [0.1, 0.15) is 0 Å². The Morgan fingerprint density at radius 3 is 2.78 bits per heavy atom. The molecule has 6 heteroatoms. The number of rotatable bonds is 6. The number of nitro groups is 1. The second-order valence-electron chi connectivity index (χ2n) is 3.75. The molecule has 18 heavy (non-hydrogen) atoms. The van der Waals surface area contributed by atoms with E-state index in [9.17, 15) is 14.9 Å². The van der Waals surface area contributed by atoms with Crippen LogP contribution in [0.15, 0.2) is 18.2 Å². The van der Waals surface area contributed by atoms with Gasteiger partial charge in [-0.1, -0.05) is 0 Å². The molecule has 0 radical (unpaired) electrons. The van der Waals surface area contributed by atoms with Gasteiger partial charge < -0.3 is 10.1 Å². The molecule has 6 nitrogen and oxygen atoms in total. The third kappa shape index (κ3) is 4.14. The number of carbonyl (C=O) groups excluding carboxylic acids is 1. The fourth-order valence-corrected chi connectivity index (χ4v) is 1.42. The number of amides is 1. The molecule has 0 atom stereocenters. The topological polar surface area (TPSA) is 81.5 Å². The lowest BCUT2D eigenvalue weighted by molar-refractivity contribution is -0.384. The average molecular weight is 252 g/mol. The van der Waals surface area contributed by atoms with Gasteiger partial charge in [0.2, 0.25) is 5.91 Å². The lowest BCUT2D eigenvalue weighted by atomic mass is 10.1. The van der Waals surface area contributed by atoms with Gasteiger partial charge in [0, 0.05) is 24.4 Å². The standard InChI is InChI=1S/C12H16N2O4/c1-3-18-7-6-12(15)13-11-5-4-10(14(16)17)8-9(11)2/h4-5,8H,3,6-7H2,1-2H3,(H,13,15). The lowest BCUT2D eigenvalue weighted by Gasteiger charge is -2.08. The number of nitrogens with one attached hydrogen (secondary N) is 1. The van der Waals surface area contributed by atoms with Crippen molar-refractivity contribution in [2.45, 2.75) is 20.3 Å². The number of anilines is 1. The van der Waals surface area contributed by atoms with Gasteiger partial charge in [-0.3, -0.25) is 14.9 Å². The molecule has 0 spiro atoms. The van der Waals surface area contributed by atoms with Crippen LogP contribution in [0.3, 0.4) is 0 Å². The minimum atomic E-state index is -0.465. The van der Waals surface area contributed by atoms with Gasteiger partial charge >= 0.3 is 0 Å². The number of non-ortho nitro benzene ring substituents is 1. The van der Waals surface area contributed by atoms with Gasteiger partial charge in [-0.05, 0) is 25.5 Å². The zero-order chi connectivity index (χ0) is 13.5. The van der Waals surface area contributed by atoms with E-state index in [0.717, 1.165) is 0 Å². The number of ether oxygens (including phenoxy) is 1. The summed E-state index contributed by atoms with van der Waals surface area (Å²) in [5.74, 6) is -0.166. The Bertz CT molecular complexity index is 446. The van der Waals surface area contributed by atoms with Crippen molar-refractivity contribution >= 4 is 17.3 Å². The molecular weight excluding hydrogens is 236 g/mol. The van der Waals surface area contributed by atoms with Crippen LogP contribution < -0.4 is 5.32 Å². The first-order valence-electron chi connectivity index (χ1n) is 5.67. The smallest absolute Gasteiger partial charge is 0.269 e. The van der Waals surface area contributed by atoms with Crippen LogP contribution in [-0.4, -0.2) is 24.0 Å². The third-order valence-electron chi connectivity index (χ3n) is 2.37. The van der Waals surface area contributed by atoms with Gasteiger partial charge in [-0.15, -0.1) is 0 Å². The lowest BCUT2D eigenvalue weighted by Crippen LogP contribution is -2.14. The molecule has 1 N–H and O–H groups in total. The highest BCUT2D eigenvalue weighted by Gasteiger charge is 2.09. The van der Waals surface area contributed by atoms with Crippen molar-refractivity contribution in [2.75, 3.05) is 18.5 Å². The number of aryl methyl sites for hydroxylation is 1. The van der Waals surface area contributed by atoms with E-state index in [0.29, 0.717) is 24.5 Å². The van der Waals surface area contributed by atoms with Crippen LogP contribution in [0.5, 0.6) is 0 Å². The van der Waals surface area contributed by atoms with Crippen molar-refractivity contribution in [3.63, 3.8) is 0 Å². The predicted octanol–water partition coefficient (Wildman–Crippen LogP) is 2.27. The van der Waals surface area contributed by atoms with Crippen LogP contribution in [0.25, 0.3) is 0 Å². The normalized spacial score (nSPS) is 10.1. The summed E-state index contributed by atoms with van der Waals surface area (Å²) >= 11 is 0. The first-order valence-corrected chi connectivity index (χ1v) is 5.67. The van der Waals surface area contributed by atoms with Crippen LogP contribution in [0, 0.1) is 17.0 Å². The summed E-state index contributed by atoms with van der Waals surface area (Å²) in [5, 5.41) is 13.3. The van der Waals surface area contributed by atoms with Crippen LogP contribution in [0.2, 0.25) is 0 Å². The summed E-state index contributed by atoms with van der Waals surface area (Å²) in [6, 6.07) is 4.33. The molecule has 0 bridgehead atoms. The Labute approximate surface area is 105 Å². The maximum Gasteiger partial charge on any atom is 0.269 e. The maximum atomic E-state index is 11.5. The van der Waals surface area contributed by atoms with Crippen LogP contribution >= 0.6 is 0 Å². The number of nitro benzene ring substituents is 1. The fourth-order valence-electron chi connectivity index (χ4n) is 1.42. The van der Waals surface area contributed by atoms with Crippen LogP contribution in [0.1, 0.15) is 18.9 Å². The van der Waals surface area contributed by atoms with Gasteiger partial charge in [-0.2, -0.15) is 0 Å². The predicted molar refractivity (Wildman–Crippen MR) is 67.6 cm³/mol. The molecule has 1 aromatic carbocycles. The summed E-state index contributed by atoms with van der Waals surface area (Å²) in [7, 11) is 0. The number of hydrogen-bond donors (Lipinski definition) is 1. The fraction of sp³-hybridized carbons (Fsp3) is 0.417. The van der Waals surface area contributed by atoms with Gasteiger partial charge in [0.05, 0.1) is 18.0 Å². The Morgan fingerprint density at radius 2 is 2.22 bits per heavy atom. The van der Waals surface area contributed by atoms with Crippen molar-refractivity contribution in [1.82, 2.24) is 0 Å². The Kier molecular flexibility index (Phi) is 5.26. The van der Waals surface area contributed by atoms with E-state index in [-0.39, 0.29) is 18.0 Å². The molecule has 1 rings (SSSR count). The highest BCUT2D eigenvalue weighted by atomic mass is 16.6. The zero-order valence-corrected chi connectivity index (χ0v) is 10.4. The van der Waals surface area contributed by atoms with Gasteiger partial charge in [-0.25, -0.2) is 0 Å². The third-order valence-corrected chi connectivity index (χ3v) is 2.37. The van der Waals surface area contributed by atoms with E-state index in [4.69, 9.17) is 4.74 Å².